The summed E-state index contributed by atoms with van der Waals surface area (Å²) in [6.07, 6.45) is 1.35. The van der Waals surface area contributed by atoms with Gasteiger partial charge in [0.05, 0.1) is 10.6 Å². The SMILES string of the molecule is N#Cc1c(Cl)cnc(C(=O)c2ccccc2)c1-c1ccccc1. The highest BCUT2D eigenvalue weighted by Crippen LogP contribution is 2.31. The van der Waals surface area contributed by atoms with E-state index in [2.05, 4.69) is 11.1 Å². The number of hydrogen-bond donors (Lipinski definition) is 0. The molecule has 0 aliphatic rings. The highest BCUT2D eigenvalue weighted by molar-refractivity contribution is 6.32. The number of pyridine rings is 1. The Kier molecular flexibility index (Phi) is 4.18. The molecule has 0 amide bonds. The van der Waals surface area contributed by atoms with Crippen LogP contribution in [0.4, 0.5) is 0 Å². The first-order valence-corrected chi connectivity index (χ1v) is 7.34. The maximum absolute atomic E-state index is 12.8. The van der Waals surface area contributed by atoms with E-state index in [1.165, 1.54) is 6.20 Å². The highest BCUT2D eigenvalue weighted by atomic mass is 35.5. The van der Waals surface area contributed by atoms with Crippen LogP contribution < -0.4 is 0 Å². The lowest BCUT2D eigenvalue weighted by molar-refractivity contribution is 0.103. The predicted molar refractivity (Wildman–Crippen MR) is 89.3 cm³/mol. The molecule has 0 aliphatic carbocycles. The molecule has 0 bridgehead atoms. The summed E-state index contributed by atoms with van der Waals surface area (Å²) in [5, 5.41) is 9.70. The molecule has 0 unspecified atom stereocenters. The monoisotopic (exact) mass is 318 g/mol. The Morgan fingerprint density at radius 1 is 1.00 bits per heavy atom. The molecule has 0 spiro atoms. The van der Waals surface area contributed by atoms with E-state index < -0.39 is 0 Å². The fourth-order valence-electron chi connectivity index (χ4n) is 2.38. The van der Waals surface area contributed by atoms with Gasteiger partial charge in [-0.25, -0.2) is 0 Å². The molecule has 3 nitrogen and oxygen atoms in total. The van der Waals surface area contributed by atoms with Gasteiger partial charge in [-0.05, 0) is 5.56 Å². The second-order valence-corrected chi connectivity index (χ2v) is 5.28. The number of nitrogens with zero attached hydrogens (tertiary/aromatic N) is 2. The molecule has 0 radical (unpaired) electrons. The summed E-state index contributed by atoms with van der Waals surface area (Å²) >= 11 is 6.11. The van der Waals surface area contributed by atoms with E-state index in [9.17, 15) is 10.1 Å². The lowest BCUT2D eigenvalue weighted by Gasteiger charge is -2.11. The van der Waals surface area contributed by atoms with E-state index in [1.54, 1.807) is 24.3 Å². The average Bonchev–Trinajstić information content (AvgIpc) is 2.62. The smallest absolute Gasteiger partial charge is 0.212 e. The zero-order valence-electron chi connectivity index (χ0n) is 12.0. The minimum absolute atomic E-state index is 0.225. The number of carbonyl (C=O) groups is 1. The van der Waals surface area contributed by atoms with Crippen LogP contribution in [-0.4, -0.2) is 10.8 Å². The zero-order valence-corrected chi connectivity index (χ0v) is 12.8. The second-order valence-electron chi connectivity index (χ2n) is 4.88. The molecule has 0 atom stereocenters. The largest absolute Gasteiger partial charge is 0.287 e. The third-order valence-electron chi connectivity index (χ3n) is 3.46. The first-order valence-electron chi connectivity index (χ1n) is 6.96. The van der Waals surface area contributed by atoms with Crippen molar-refractivity contribution in [3.8, 4) is 17.2 Å². The summed E-state index contributed by atoms with van der Waals surface area (Å²) in [7, 11) is 0. The summed E-state index contributed by atoms with van der Waals surface area (Å²) in [6.45, 7) is 0. The van der Waals surface area contributed by atoms with Gasteiger partial charge in [0.15, 0.2) is 0 Å². The number of nitriles is 1. The van der Waals surface area contributed by atoms with Gasteiger partial charge in [0.25, 0.3) is 0 Å². The van der Waals surface area contributed by atoms with Crippen LogP contribution in [0.2, 0.25) is 5.02 Å². The number of carbonyl (C=O) groups excluding carboxylic acids is 1. The van der Waals surface area contributed by atoms with Crippen LogP contribution in [0.1, 0.15) is 21.6 Å². The van der Waals surface area contributed by atoms with Crippen molar-refractivity contribution in [3.05, 3.63) is 88.7 Å². The van der Waals surface area contributed by atoms with Gasteiger partial charge in [0.2, 0.25) is 5.78 Å². The first kappa shape index (κ1) is 15.0. The molecule has 110 valence electrons. The second kappa shape index (κ2) is 6.43. The van der Waals surface area contributed by atoms with Gasteiger partial charge in [-0.15, -0.1) is 0 Å². The van der Waals surface area contributed by atoms with E-state index in [4.69, 9.17) is 11.6 Å². The Labute approximate surface area is 138 Å². The van der Waals surface area contributed by atoms with E-state index in [0.29, 0.717) is 11.1 Å². The lowest BCUT2D eigenvalue weighted by Crippen LogP contribution is -2.08. The highest BCUT2D eigenvalue weighted by Gasteiger charge is 2.21. The molecule has 0 saturated heterocycles. The third-order valence-corrected chi connectivity index (χ3v) is 3.74. The van der Waals surface area contributed by atoms with Crippen LogP contribution in [0, 0.1) is 11.3 Å². The molecular weight excluding hydrogens is 308 g/mol. The maximum atomic E-state index is 12.8. The van der Waals surface area contributed by atoms with Crippen molar-refractivity contribution < 1.29 is 4.79 Å². The molecule has 0 N–H and O–H groups in total. The Morgan fingerprint density at radius 3 is 2.22 bits per heavy atom. The molecule has 1 heterocycles. The number of hydrogen-bond acceptors (Lipinski definition) is 3. The van der Waals surface area contributed by atoms with E-state index in [0.717, 1.165) is 5.56 Å². The van der Waals surface area contributed by atoms with Crippen LogP contribution in [0.5, 0.6) is 0 Å². The van der Waals surface area contributed by atoms with Gasteiger partial charge >= 0.3 is 0 Å². The number of ketones is 1. The first-order chi connectivity index (χ1) is 11.2. The van der Waals surface area contributed by atoms with Crippen LogP contribution in [-0.2, 0) is 0 Å². The zero-order chi connectivity index (χ0) is 16.2. The van der Waals surface area contributed by atoms with Gasteiger partial charge in [-0.1, -0.05) is 72.3 Å². The van der Waals surface area contributed by atoms with Gasteiger partial charge in [0, 0.05) is 17.3 Å². The molecule has 23 heavy (non-hydrogen) atoms. The number of benzene rings is 2. The Morgan fingerprint density at radius 2 is 1.61 bits per heavy atom. The summed E-state index contributed by atoms with van der Waals surface area (Å²) in [6, 6.07) is 20.2. The molecule has 0 fully saturated rings. The van der Waals surface area contributed by atoms with Crippen LogP contribution in [0.15, 0.2) is 66.9 Å². The molecule has 1 aromatic heterocycles. The molecule has 3 aromatic rings. The number of halogens is 1. The maximum Gasteiger partial charge on any atom is 0.212 e. The Balaban J connectivity index is 2.26. The quantitative estimate of drug-likeness (QED) is 0.668. The van der Waals surface area contributed by atoms with Crippen molar-refractivity contribution >= 4 is 17.4 Å². The Hall–Kier alpha value is -2.96. The van der Waals surface area contributed by atoms with Crippen molar-refractivity contribution in [2.24, 2.45) is 0 Å². The lowest BCUT2D eigenvalue weighted by atomic mass is 9.95. The fourth-order valence-corrected chi connectivity index (χ4v) is 2.57. The van der Waals surface area contributed by atoms with Crippen molar-refractivity contribution in [1.29, 1.82) is 5.26 Å². The number of rotatable bonds is 3. The minimum atomic E-state index is -0.238. The predicted octanol–water partition coefficient (Wildman–Crippen LogP) is 4.50. The molecule has 0 saturated carbocycles. The molecule has 0 aliphatic heterocycles. The average molecular weight is 319 g/mol. The number of aromatic nitrogens is 1. The normalized spacial score (nSPS) is 10.1. The van der Waals surface area contributed by atoms with Crippen LogP contribution in [0.25, 0.3) is 11.1 Å². The molecule has 2 aromatic carbocycles. The van der Waals surface area contributed by atoms with Crippen molar-refractivity contribution in [3.63, 3.8) is 0 Å². The van der Waals surface area contributed by atoms with Crippen molar-refractivity contribution in [2.45, 2.75) is 0 Å². The summed E-state index contributed by atoms with van der Waals surface area (Å²) in [5.74, 6) is -0.238. The van der Waals surface area contributed by atoms with Crippen LogP contribution in [0.3, 0.4) is 0 Å². The summed E-state index contributed by atoms with van der Waals surface area (Å²) in [5.41, 5.74) is 2.20. The summed E-state index contributed by atoms with van der Waals surface area (Å²) < 4.78 is 0. The van der Waals surface area contributed by atoms with Gasteiger partial charge < -0.3 is 0 Å². The fraction of sp³-hybridized carbons (Fsp3) is 0. The standard InChI is InChI=1S/C19H11ClN2O/c20-16-12-22-18(19(23)14-9-5-2-6-10-14)17(15(16)11-21)13-7-3-1-4-8-13/h1-10,12H. The van der Waals surface area contributed by atoms with Crippen molar-refractivity contribution in [1.82, 2.24) is 4.98 Å². The van der Waals surface area contributed by atoms with E-state index in [-0.39, 0.29) is 22.1 Å². The van der Waals surface area contributed by atoms with Crippen LogP contribution >= 0.6 is 11.6 Å². The van der Waals surface area contributed by atoms with Gasteiger partial charge in [0.1, 0.15) is 11.8 Å². The molecule has 4 heteroatoms. The summed E-state index contributed by atoms with van der Waals surface area (Å²) in [4.78, 5) is 17.0. The van der Waals surface area contributed by atoms with Crippen molar-refractivity contribution in [2.75, 3.05) is 0 Å². The minimum Gasteiger partial charge on any atom is -0.287 e. The van der Waals surface area contributed by atoms with Gasteiger partial charge in [-0.2, -0.15) is 5.26 Å². The third kappa shape index (κ3) is 2.85. The van der Waals surface area contributed by atoms with E-state index >= 15 is 0 Å². The molecular formula is C19H11ClN2O. The Bertz CT molecular complexity index is 900. The topological polar surface area (TPSA) is 53.8 Å². The molecule has 3 rings (SSSR count). The van der Waals surface area contributed by atoms with E-state index in [1.807, 2.05) is 36.4 Å². The van der Waals surface area contributed by atoms with Gasteiger partial charge in [-0.3, -0.25) is 9.78 Å².